The first-order valence-electron chi connectivity index (χ1n) is 8.24. The molecule has 1 saturated heterocycles. The summed E-state index contributed by atoms with van der Waals surface area (Å²) < 4.78 is 0. The Morgan fingerprint density at radius 2 is 1.42 bits per heavy atom. The van der Waals surface area contributed by atoms with E-state index in [-0.39, 0.29) is 12.4 Å². The third kappa shape index (κ3) is 3.54. The topological polar surface area (TPSA) is 24.9 Å². The van der Waals surface area contributed by atoms with E-state index in [0.29, 0.717) is 5.92 Å². The van der Waals surface area contributed by atoms with Crippen LogP contribution in [0.25, 0.3) is 21.7 Å². The second-order valence-corrected chi connectivity index (χ2v) is 7.02. The monoisotopic (exact) mass is 356 g/mol. The van der Waals surface area contributed by atoms with Crippen LogP contribution < -0.4 is 5.32 Å². The molecular formula is C20H21ClN2S. The Labute approximate surface area is 153 Å². The molecule has 2 heterocycles. The fourth-order valence-electron chi connectivity index (χ4n) is 3.16. The highest BCUT2D eigenvalue weighted by Crippen LogP contribution is 2.40. The molecule has 24 heavy (non-hydrogen) atoms. The van der Waals surface area contributed by atoms with Crippen LogP contribution in [0.1, 0.15) is 23.8 Å². The standard InChI is InChI=1S/C20H20N2S.ClH/c1-3-7-15(8-4-1)18-19(16-9-5-2-6-10-16)23-20(22-18)17-11-13-21-14-12-17;/h1-10,17,21H,11-14H2;1H. The van der Waals surface area contributed by atoms with Crippen molar-refractivity contribution in [3.05, 3.63) is 65.7 Å². The van der Waals surface area contributed by atoms with Gasteiger partial charge in [0.25, 0.3) is 0 Å². The molecule has 1 N–H and O–H groups in total. The molecular weight excluding hydrogens is 336 g/mol. The highest BCUT2D eigenvalue weighted by molar-refractivity contribution is 7.15. The highest BCUT2D eigenvalue weighted by atomic mass is 35.5. The number of hydrogen-bond acceptors (Lipinski definition) is 3. The third-order valence-corrected chi connectivity index (χ3v) is 5.68. The summed E-state index contributed by atoms with van der Waals surface area (Å²) in [6.45, 7) is 2.21. The molecule has 0 saturated carbocycles. The average Bonchev–Trinajstić information content (AvgIpc) is 3.09. The number of piperidine rings is 1. The van der Waals surface area contributed by atoms with E-state index in [1.54, 1.807) is 0 Å². The summed E-state index contributed by atoms with van der Waals surface area (Å²) in [6, 6.07) is 21.2. The maximum atomic E-state index is 5.07. The van der Waals surface area contributed by atoms with Gasteiger partial charge in [0.15, 0.2) is 0 Å². The number of thiazole rings is 1. The fraction of sp³-hybridized carbons (Fsp3) is 0.250. The number of nitrogens with one attached hydrogen (secondary N) is 1. The van der Waals surface area contributed by atoms with Gasteiger partial charge in [-0.15, -0.1) is 23.7 Å². The predicted octanol–water partition coefficient (Wildman–Crippen LogP) is 5.37. The minimum absolute atomic E-state index is 0. The number of hydrogen-bond donors (Lipinski definition) is 1. The summed E-state index contributed by atoms with van der Waals surface area (Å²) in [5.74, 6) is 0.598. The first kappa shape index (κ1) is 17.2. The molecule has 0 radical (unpaired) electrons. The number of nitrogens with zero attached hydrogens (tertiary/aromatic N) is 1. The van der Waals surface area contributed by atoms with Gasteiger partial charge in [-0.2, -0.15) is 0 Å². The van der Waals surface area contributed by atoms with Crippen LogP contribution in [-0.4, -0.2) is 18.1 Å². The molecule has 1 aliphatic rings. The molecule has 0 aliphatic carbocycles. The molecule has 3 aromatic rings. The van der Waals surface area contributed by atoms with Gasteiger partial charge in [0.05, 0.1) is 15.6 Å². The molecule has 0 bridgehead atoms. The lowest BCUT2D eigenvalue weighted by molar-refractivity contribution is 0.459. The Morgan fingerprint density at radius 1 is 0.833 bits per heavy atom. The minimum atomic E-state index is 0. The molecule has 0 spiro atoms. The van der Waals surface area contributed by atoms with Crippen LogP contribution >= 0.6 is 23.7 Å². The molecule has 0 amide bonds. The van der Waals surface area contributed by atoms with Gasteiger partial charge in [0, 0.05) is 11.5 Å². The maximum Gasteiger partial charge on any atom is 0.0970 e. The predicted molar refractivity (Wildman–Crippen MR) is 105 cm³/mol. The normalized spacial score (nSPS) is 15.0. The van der Waals surface area contributed by atoms with E-state index < -0.39 is 0 Å². The average molecular weight is 357 g/mol. The summed E-state index contributed by atoms with van der Waals surface area (Å²) in [6.07, 6.45) is 2.38. The SMILES string of the molecule is Cl.c1ccc(-c2nc(C3CCNCC3)sc2-c2ccccc2)cc1. The first-order chi connectivity index (χ1) is 11.4. The molecule has 4 heteroatoms. The summed E-state index contributed by atoms with van der Waals surface area (Å²) in [5.41, 5.74) is 3.61. The number of aromatic nitrogens is 1. The van der Waals surface area contributed by atoms with Crippen molar-refractivity contribution in [2.75, 3.05) is 13.1 Å². The molecule has 0 atom stereocenters. The van der Waals surface area contributed by atoms with E-state index in [1.807, 2.05) is 11.3 Å². The molecule has 1 aromatic heterocycles. The third-order valence-electron chi connectivity index (χ3n) is 4.42. The first-order valence-corrected chi connectivity index (χ1v) is 9.06. The van der Waals surface area contributed by atoms with Gasteiger partial charge in [0.2, 0.25) is 0 Å². The number of halogens is 1. The molecule has 2 nitrogen and oxygen atoms in total. The lowest BCUT2D eigenvalue weighted by Gasteiger charge is -2.20. The number of rotatable bonds is 3. The smallest absolute Gasteiger partial charge is 0.0970 e. The zero-order valence-corrected chi connectivity index (χ0v) is 15.1. The van der Waals surface area contributed by atoms with Crippen LogP contribution in [0.2, 0.25) is 0 Å². The van der Waals surface area contributed by atoms with Gasteiger partial charge in [-0.05, 0) is 31.5 Å². The molecule has 1 aliphatic heterocycles. The van der Waals surface area contributed by atoms with Crippen LogP contribution in [0, 0.1) is 0 Å². The molecule has 0 unspecified atom stereocenters. The largest absolute Gasteiger partial charge is 0.317 e. The van der Waals surface area contributed by atoms with Gasteiger partial charge < -0.3 is 5.32 Å². The van der Waals surface area contributed by atoms with Gasteiger partial charge in [0.1, 0.15) is 0 Å². The van der Waals surface area contributed by atoms with Crippen molar-refractivity contribution in [1.29, 1.82) is 0 Å². The van der Waals surface area contributed by atoms with Crippen molar-refractivity contribution in [2.24, 2.45) is 0 Å². The fourth-order valence-corrected chi connectivity index (χ4v) is 4.42. The van der Waals surface area contributed by atoms with E-state index in [0.717, 1.165) is 18.8 Å². The van der Waals surface area contributed by atoms with Crippen LogP contribution in [0.15, 0.2) is 60.7 Å². The molecule has 1 fully saturated rings. The van der Waals surface area contributed by atoms with E-state index in [4.69, 9.17) is 4.98 Å². The summed E-state index contributed by atoms with van der Waals surface area (Å²) in [4.78, 5) is 6.37. The van der Waals surface area contributed by atoms with E-state index in [9.17, 15) is 0 Å². The Hall–Kier alpha value is -1.68. The van der Waals surface area contributed by atoms with Gasteiger partial charge in [-0.3, -0.25) is 0 Å². The van der Waals surface area contributed by atoms with E-state index >= 15 is 0 Å². The van der Waals surface area contributed by atoms with Gasteiger partial charge in [-0.1, -0.05) is 60.7 Å². The summed E-state index contributed by atoms with van der Waals surface area (Å²) in [5, 5.41) is 4.74. The van der Waals surface area contributed by atoms with Gasteiger partial charge >= 0.3 is 0 Å². The second-order valence-electron chi connectivity index (χ2n) is 5.99. The Morgan fingerprint density at radius 3 is 2.04 bits per heavy atom. The zero-order chi connectivity index (χ0) is 15.5. The van der Waals surface area contributed by atoms with Crippen LogP contribution in [0.5, 0.6) is 0 Å². The van der Waals surface area contributed by atoms with Crippen LogP contribution in [-0.2, 0) is 0 Å². The zero-order valence-electron chi connectivity index (χ0n) is 13.4. The Kier molecular flexibility index (Phi) is 5.67. The quantitative estimate of drug-likeness (QED) is 0.682. The minimum Gasteiger partial charge on any atom is -0.317 e. The van der Waals surface area contributed by atoms with Crippen molar-refractivity contribution >= 4 is 23.7 Å². The van der Waals surface area contributed by atoms with E-state index in [1.165, 1.54) is 33.9 Å². The maximum absolute atomic E-state index is 5.07. The van der Waals surface area contributed by atoms with Crippen LogP contribution in [0.3, 0.4) is 0 Å². The Balaban J connectivity index is 0.00000169. The summed E-state index contributed by atoms with van der Waals surface area (Å²) >= 11 is 1.88. The van der Waals surface area contributed by atoms with Crippen molar-refractivity contribution in [3.8, 4) is 21.7 Å². The van der Waals surface area contributed by atoms with E-state index in [2.05, 4.69) is 66.0 Å². The molecule has 2 aromatic carbocycles. The van der Waals surface area contributed by atoms with Crippen molar-refractivity contribution < 1.29 is 0 Å². The second kappa shape index (κ2) is 7.93. The number of benzene rings is 2. The lowest BCUT2D eigenvalue weighted by atomic mass is 9.99. The van der Waals surface area contributed by atoms with Crippen molar-refractivity contribution in [3.63, 3.8) is 0 Å². The van der Waals surface area contributed by atoms with Crippen molar-refractivity contribution in [1.82, 2.24) is 10.3 Å². The molecule has 124 valence electrons. The highest BCUT2D eigenvalue weighted by Gasteiger charge is 2.22. The van der Waals surface area contributed by atoms with Gasteiger partial charge in [-0.25, -0.2) is 4.98 Å². The Bertz CT molecular complexity index is 708. The molecule has 4 rings (SSSR count). The van der Waals surface area contributed by atoms with Crippen molar-refractivity contribution in [2.45, 2.75) is 18.8 Å². The van der Waals surface area contributed by atoms with Crippen LogP contribution in [0.4, 0.5) is 0 Å². The summed E-state index contributed by atoms with van der Waals surface area (Å²) in [7, 11) is 0. The lowest BCUT2D eigenvalue weighted by Crippen LogP contribution is -2.26.